The summed E-state index contributed by atoms with van der Waals surface area (Å²) in [4.78, 5) is 42.7. The Morgan fingerprint density at radius 1 is 0.458 bits per heavy atom. The van der Waals surface area contributed by atoms with E-state index in [4.69, 9.17) is 19.3 Å². The zero-order valence-corrected chi connectivity index (χ0v) is 32.3. The molecular formula is C39H77O8P. The molecular weight excluding hydrogens is 627 g/mol. The summed E-state index contributed by atoms with van der Waals surface area (Å²) in [5, 5.41) is 0. The fourth-order valence-corrected chi connectivity index (χ4v) is 6.44. The van der Waals surface area contributed by atoms with E-state index in [9.17, 15) is 14.2 Å². The lowest BCUT2D eigenvalue weighted by Gasteiger charge is -2.18. The van der Waals surface area contributed by atoms with Gasteiger partial charge in [0.15, 0.2) is 6.10 Å². The van der Waals surface area contributed by atoms with E-state index in [2.05, 4.69) is 18.4 Å². The molecule has 2 N–H and O–H groups in total. The molecule has 0 fully saturated rings. The molecule has 0 unspecified atom stereocenters. The second-order valence-electron chi connectivity index (χ2n) is 14.0. The van der Waals surface area contributed by atoms with Gasteiger partial charge in [-0.25, -0.2) is 4.57 Å². The number of carbonyl (C=O) groups is 2. The number of hydrogen-bond donors (Lipinski definition) is 2. The van der Waals surface area contributed by atoms with Crippen molar-refractivity contribution in [3.63, 3.8) is 0 Å². The fraction of sp³-hybridized carbons (Fsp3) is 0.949. The van der Waals surface area contributed by atoms with E-state index in [1.807, 2.05) is 0 Å². The molecule has 0 radical (unpaired) electrons. The Bertz CT molecular complexity index is 756. The van der Waals surface area contributed by atoms with Gasteiger partial charge in [0.1, 0.15) is 6.61 Å². The van der Waals surface area contributed by atoms with Crippen molar-refractivity contribution in [1.82, 2.24) is 0 Å². The largest absolute Gasteiger partial charge is 0.469 e. The molecule has 8 nitrogen and oxygen atoms in total. The van der Waals surface area contributed by atoms with Gasteiger partial charge >= 0.3 is 19.8 Å². The summed E-state index contributed by atoms with van der Waals surface area (Å²) in [6, 6.07) is 0. The molecule has 0 saturated heterocycles. The van der Waals surface area contributed by atoms with Gasteiger partial charge < -0.3 is 19.3 Å². The minimum Gasteiger partial charge on any atom is -0.462 e. The van der Waals surface area contributed by atoms with Crippen LogP contribution in [0.15, 0.2) is 0 Å². The van der Waals surface area contributed by atoms with Gasteiger partial charge in [0.05, 0.1) is 6.61 Å². The first-order valence-corrected chi connectivity index (χ1v) is 21.9. The Morgan fingerprint density at radius 2 is 0.750 bits per heavy atom. The van der Waals surface area contributed by atoms with Crippen molar-refractivity contribution in [3.05, 3.63) is 0 Å². The smallest absolute Gasteiger partial charge is 0.462 e. The molecule has 286 valence electrons. The Morgan fingerprint density at radius 3 is 1.06 bits per heavy atom. The van der Waals surface area contributed by atoms with Crippen molar-refractivity contribution in [3.8, 4) is 0 Å². The predicted octanol–water partition coefficient (Wildman–Crippen LogP) is 12.1. The molecule has 0 rings (SSSR count). The standard InChI is InChI=1S/C39H77O8P/c1-3-5-7-9-11-13-15-17-18-19-20-22-24-26-28-30-32-34-39(41)47-37(36-46-48(42,43)44)35-45-38(40)33-31-29-27-25-23-21-16-14-12-10-8-6-4-2/h37H,3-36H2,1-2H3,(H2,42,43,44)/t37-/m1/s1. The summed E-state index contributed by atoms with van der Waals surface area (Å²) in [6.45, 7) is 3.71. The Kier molecular flexibility index (Phi) is 35.2. The van der Waals surface area contributed by atoms with Crippen molar-refractivity contribution in [2.75, 3.05) is 13.2 Å². The molecule has 0 aromatic rings. The van der Waals surface area contributed by atoms with Crippen LogP contribution >= 0.6 is 7.82 Å². The maximum absolute atomic E-state index is 12.4. The first-order valence-electron chi connectivity index (χ1n) is 20.3. The molecule has 0 saturated carbocycles. The number of phosphoric acid groups is 1. The lowest BCUT2D eigenvalue weighted by molar-refractivity contribution is -0.161. The zero-order valence-electron chi connectivity index (χ0n) is 31.4. The highest BCUT2D eigenvalue weighted by atomic mass is 31.2. The van der Waals surface area contributed by atoms with Crippen molar-refractivity contribution >= 4 is 19.8 Å². The van der Waals surface area contributed by atoms with Crippen LogP contribution in [0.2, 0.25) is 0 Å². The second kappa shape index (κ2) is 35.9. The molecule has 0 aromatic carbocycles. The van der Waals surface area contributed by atoms with Crippen molar-refractivity contribution in [2.45, 2.75) is 225 Å². The van der Waals surface area contributed by atoms with Crippen LogP contribution in [0.25, 0.3) is 0 Å². The molecule has 0 aliphatic rings. The van der Waals surface area contributed by atoms with Crippen LogP contribution in [0.5, 0.6) is 0 Å². The summed E-state index contributed by atoms with van der Waals surface area (Å²) in [5.74, 6) is -0.869. The SMILES string of the molecule is CCCCCCCCCCCCCCCCCCCC(=O)O[C@H](COC(=O)CCCCCCCCCCCCCCC)COP(=O)(O)O. The monoisotopic (exact) mass is 705 g/mol. The van der Waals surface area contributed by atoms with Crippen LogP contribution < -0.4 is 0 Å². The topological polar surface area (TPSA) is 119 Å². The second-order valence-corrected chi connectivity index (χ2v) is 15.2. The molecule has 48 heavy (non-hydrogen) atoms. The number of unbranched alkanes of at least 4 members (excludes halogenated alkanes) is 28. The lowest BCUT2D eigenvalue weighted by Crippen LogP contribution is -2.29. The number of ether oxygens (including phenoxy) is 2. The van der Waals surface area contributed by atoms with Gasteiger partial charge in [0.2, 0.25) is 0 Å². The minimum atomic E-state index is -4.74. The van der Waals surface area contributed by atoms with Crippen LogP contribution in [-0.4, -0.2) is 41.0 Å². The third-order valence-electron chi connectivity index (χ3n) is 9.13. The van der Waals surface area contributed by atoms with E-state index in [0.717, 1.165) is 32.1 Å². The number of phosphoric ester groups is 1. The highest BCUT2D eigenvalue weighted by Gasteiger charge is 2.22. The molecule has 1 atom stereocenters. The molecule has 0 aliphatic carbocycles. The minimum absolute atomic E-state index is 0.220. The summed E-state index contributed by atoms with van der Waals surface area (Å²) < 4.78 is 26.4. The number of rotatable bonds is 38. The predicted molar refractivity (Wildman–Crippen MR) is 198 cm³/mol. The zero-order chi connectivity index (χ0) is 35.4. The van der Waals surface area contributed by atoms with Crippen LogP contribution in [-0.2, 0) is 28.2 Å². The molecule has 0 aliphatic heterocycles. The lowest BCUT2D eigenvalue weighted by atomic mass is 10.0. The Labute approximate surface area is 295 Å². The maximum Gasteiger partial charge on any atom is 0.469 e. The molecule has 9 heteroatoms. The summed E-state index contributed by atoms with van der Waals surface area (Å²) in [5.41, 5.74) is 0. The summed E-state index contributed by atoms with van der Waals surface area (Å²) >= 11 is 0. The fourth-order valence-electron chi connectivity index (χ4n) is 6.08. The van der Waals surface area contributed by atoms with Crippen LogP contribution in [0, 0.1) is 0 Å². The Hall–Kier alpha value is -0.950. The molecule has 0 amide bonds. The van der Waals surface area contributed by atoms with E-state index >= 15 is 0 Å². The third kappa shape index (κ3) is 37.9. The van der Waals surface area contributed by atoms with Gasteiger partial charge in [-0.3, -0.25) is 14.1 Å². The molecule has 0 spiro atoms. The van der Waals surface area contributed by atoms with Gasteiger partial charge in [0, 0.05) is 12.8 Å². The van der Waals surface area contributed by atoms with Gasteiger partial charge in [-0.1, -0.05) is 194 Å². The number of hydrogen-bond acceptors (Lipinski definition) is 6. The average Bonchev–Trinajstić information content (AvgIpc) is 3.05. The van der Waals surface area contributed by atoms with Crippen molar-refractivity contribution in [2.24, 2.45) is 0 Å². The van der Waals surface area contributed by atoms with Crippen molar-refractivity contribution < 1.29 is 37.9 Å². The summed E-state index contributed by atoms with van der Waals surface area (Å²) in [6.07, 6.45) is 36.8. The van der Waals surface area contributed by atoms with E-state index in [1.165, 1.54) is 154 Å². The van der Waals surface area contributed by atoms with E-state index in [1.54, 1.807) is 0 Å². The van der Waals surface area contributed by atoms with E-state index in [-0.39, 0.29) is 19.4 Å². The maximum atomic E-state index is 12.4. The first-order chi connectivity index (χ1) is 23.3. The van der Waals surface area contributed by atoms with Crippen LogP contribution in [0.1, 0.15) is 219 Å². The van der Waals surface area contributed by atoms with Gasteiger partial charge in [-0.2, -0.15) is 0 Å². The van der Waals surface area contributed by atoms with Gasteiger partial charge in [-0.15, -0.1) is 0 Å². The number of esters is 2. The van der Waals surface area contributed by atoms with Gasteiger partial charge in [-0.05, 0) is 12.8 Å². The van der Waals surface area contributed by atoms with E-state index in [0.29, 0.717) is 6.42 Å². The molecule has 0 aromatic heterocycles. The number of carbonyl (C=O) groups excluding carboxylic acids is 2. The van der Waals surface area contributed by atoms with Crippen LogP contribution in [0.3, 0.4) is 0 Å². The quantitative estimate of drug-likeness (QED) is 0.0370. The third-order valence-corrected chi connectivity index (χ3v) is 9.61. The average molecular weight is 705 g/mol. The van der Waals surface area contributed by atoms with E-state index < -0.39 is 32.5 Å². The normalized spacial score (nSPS) is 12.3. The molecule has 0 heterocycles. The molecule has 0 bridgehead atoms. The Balaban J connectivity index is 3.87. The summed E-state index contributed by atoms with van der Waals surface area (Å²) in [7, 11) is -4.74. The first kappa shape index (κ1) is 47.0. The highest BCUT2D eigenvalue weighted by Crippen LogP contribution is 2.36. The van der Waals surface area contributed by atoms with Gasteiger partial charge in [0.25, 0.3) is 0 Å². The van der Waals surface area contributed by atoms with Crippen LogP contribution in [0.4, 0.5) is 0 Å². The van der Waals surface area contributed by atoms with Crippen molar-refractivity contribution in [1.29, 1.82) is 0 Å². The highest BCUT2D eigenvalue weighted by molar-refractivity contribution is 7.46.